The standard InChI is InChI=1S/C21H34BrNO4/c1-21(2,3)27-20(25)23-17(13-15-9-5-4-6-10-15)18-14-16(19(24)26-18)11-7-8-12-22/h7-8,15-18H,4-6,9-14H2,1-3H3,(H,23,25). The minimum Gasteiger partial charge on any atom is -0.460 e. The second-order valence-electron chi connectivity index (χ2n) is 8.76. The van der Waals surface area contributed by atoms with Crippen LogP contribution in [0.15, 0.2) is 12.2 Å². The predicted octanol–water partition coefficient (Wildman–Crippen LogP) is 5.12. The van der Waals surface area contributed by atoms with Crippen molar-refractivity contribution in [2.75, 3.05) is 5.33 Å². The lowest BCUT2D eigenvalue weighted by Crippen LogP contribution is -2.46. The minimum atomic E-state index is -0.547. The van der Waals surface area contributed by atoms with Gasteiger partial charge in [0, 0.05) is 5.33 Å². The smallest absolute Gasteiger partial charge is 0.408 e. The number of alkyl carbamates (subject to hydrolysis) is 1. The number of ether oxygens (including phenoxy) is 2. The van der Waals surface area contributed by atoms with Gasteiger partial charge < -0.3 is 14.8 Å². The van der Waals surface area contributed by atoms with Gasteiger partial charge >= 0.3 is 12.1 Å². The minimum absolute atomic E-state index is 0.125. The van der Waals surface area contributed by atoms with Crippen LogP contribution in [0, 0.1) is 11.8 Å². The third kappa shape index (κ3) is 7.84. The van der Waals surface area contributed by atoms with Gasteiger partial charge in [-0.05, 0) is 46.0 Å². The molecule has 3 atom stereocenters. The summed E-state index contributed by atoms with van der Waals surface area (Å²) in [5.74, 6) is 0.295. The van der Waals surface area contributed by atoms with Crippen LogP contribution in [0.4, 0.5) is 4.79 Å². The summed E-state index contributed by atoms with van der Waals surface area (Å²) < 4.78 is 11.1. The third-order valence-corrected chi connectivity index (χ3v) is 5.63. The van der Waals surface area contributed by atoms with E-state index in [1.54, 1.807) is 0 Å². The molecule has 0 spiro atoms. The zero-order chi connectivity index (χ0) is 19.9. The summed E-state index contributed by atoms with van der Waals surface area (Å²) in [6, 6.07) is -0.183. The fourth-order valence-electron chi connectivity index (χ4n) is 3.98. The number of allylic oxidation sites excluding steroid dienone is 2. The number of carbonyl (C=O) groups is 2. The predicted molar refractivity (Wildman–Crippen MR) is 110 cm³/mol. The molecule has 1 saturated carbocycles. The fourth-order valence-corrected chi connectivity index (χ4v) is 4.24. The normalized spacial score (nSPS) is 25.4. The Morgan fingerprint density at radius 3 is 2.63 bits per heavy atom. The van der Waals surface area contributed by atoms with Gasteiger partial charge in [-0.1, -0.05) is 60.2 Å². The van der Waals surface area contributed by atoms with Gasteiger partial charge in [-0.3, -0.25) is 4.79 Å². The Balaban J connectivity index is 2.00. The first-order valence-electron chi connectivity index (χ1n) is 10.2. The Kier molecular flexibility index (Phi) is 8.64. The van der Waals surface area contributed by atoms with Gasteiger partial charge in [-0.15, -0.1) is 0 Å². The third-order valence-electron chi connectivity index (χ3n) is 5.26. The zero-order valence-electron chi connectivity index (χ0n) is 16.8. The summed E-state index contributed by atoms with van der Waals surface area (Å²) >= 11 is 3.35. The van der Waals surface area contributed by atoms with Crippen molar-refractivity contribution in [3.8, 4) is 0 Å². The first-order chi connectivity index (χ1) is 12.8. The van der Waals surface area contributed by atoms with Gasteiger partial charge in [0.15, 0.2) is 0 Å². The molecule has 0 aromatic rings. The molecule has 0 aromatic heterocycles. The van der Waals surface area contributed by atoms with Crippen LogP contribution in [0.25, 0.3) is 0 Å². The molecule has 0 bridgehead atoms. The lowest BCUT2D eigenvalue weighted by molar-refractivity contribution is -0.145. The van der Waals surface area contributed by atoms with E-state index in [2.05, 4.69) is 21.2 Å². The highest BCUT2D eigenvalue weighted by Gasteiger charge is 2.40. The largest absolute Gasteiger partial charge is 0.460 e. The summed E-state index contributed by atoms with van der Waals surface area (Å²) in [7, 11) is 0. The number of carbonyl (C=O) groups excluding carboxylic acids is 2. The Hall–Kier alpha value is -1.04. The molecule has 3 unspecified atom stereocenters. The molecular weight excluding hydrogens is 410 g/mol. The van der Waals surface area contributed by atoms with Crippen molar-refractivity contribution in [2.45, 2.75) is 89.9 Å². The first-order valence-corrected chi connectivity index (χ1v) is 11.3. The molecule has 1 amide bonds. The number of hydrogen-bond donors (Lipinski definition) is 1. The molecule has 0 aromatic carbocycles. The Morgan fingerprint density at radius 1 is 1.30 bits per heavy atom. The zero-order valence-corrected chi connectivity index (χ0v) is 18.4. The van der Waals surface area contributed by atoms with E-state index in [0.717, 1.165) is 11.8 Å². The molecule has 1 saturated heterocycles. The second-order valence-corrected chi connectivity index (χ2v) is 9.41. The van der Waals surface area contributed by atoms with Crippen LogP contribution < -0.4 is 5.32 Å². The van der Waals surface area contributed by atoms with Crippen LogP contribution in [-0.2, 0) is 14.3 Å². The average Bonchev–Trinajstić information content (AvgIpc) is 2.95. The number of hydrogen-bond acceptors (Lipinski definition) is 4. The maximum absolute atomic E-state index is 12.4. The quantitative estimate of drug-likeness (QED) is 0.336. The lowest BCUT2D eigenvalue weighted by atomic mass is 9.83. The van der Waals surface area contributed by atoms with Gasteiger partial charge in [-0.2, -0.15) is 0 Å². The number of esters is 1. The molecular formula is C21H34BrNO4. The molecule has 2 rings (SSSR count). The molecule has 1 heterocycles. The summed E-state index contributed by atoms with van der Waals surface area (Å²) in [6.45, 7) is 5.56. The van der Waals surface area contributed by atoms with E-state index in [1.807, 2.05) is 32.9 Å². The fraction of sp³-hybridized carbons (Fsp3) is 0.810. The Bertz CT molecular complexity index is 523. The lowest BCUT2D eigenvalue weighted by Gasteiger charge is -2.30. The topological polar surface area (TPSA) is 64.6 Å². The molecule has 6 heteroatoms. The van der Waals surface area contributed by atoms with Crippen molar-refractivity contribution in [3.63, 3.8) is 0 Å². The van der Waals surface area contributed by atoms with Crippen LogP contribution in [-0.4, -0.2) is 35.1 Å². The van der Waals surface area contributed by atoms with Crippen molar-refractivity contribution < 1.29 is 19.1 Å². The van der Waals surface area contributed by atoms with E-state index in [9.17, 15) is 9.59 Å². The van der Waals surface area contributed by atoms with Crippen LogP contribution in [0.5, 0.6) is 0 Å². The molecule has 2 fully saturated rings. The van der Waals surface area contributed by atoms with Crippen molar-refractivity contribution in [1.82, 2.24) is 5.32 Å². The van der Waals surface area contributed by atoms with E-state index >= 15 is 0 Å². The highest BCUT2D eigenvalue weighted by Crippen LogP contribution is 2.33. The number of alkyl halides is 1. The molecule has 1 N–H and O–H groups in total. The van der Waals surface area contributed by atoms with Crippen molar-refractivity contribution in [1.29, 1.82) is 0 Å². The van der Waals surface area contributed by atoms with E-state index in [0.29, 0.717) is 18.8 Å². The molecule has 5 nitrogen and oxygen atoms in total. The Labute approximate surface area is 171 Å². The van der Waals surface area contributed by atoms with E-state index in [-0.39, 0.29) is 24.0 Å². The van der Waals surface area contributed by atoms with Crippen LogP contribution in [0.3, 0.4) is 0 Å². The summed E-state index contributed by atoms with van der Waals surface area (Å²) in [4.78, 5) is 24.6. The van der Waals surface area contributed by atoms with Gasteiger partial charge in [0.25, 0.3) is 0 Å². The van der Waals surface area contributed by atoms with E-state index in [1.165, 1.54) is 32.1 Å². The van der Waals surface area contributed by atoms with Gasteiger partial charge in [0.2, 0.25) is 0 Å². The maximum atomic E-state index is 12.4. The monoisotopic (exact) mass is 443 g/mol. The number of cyclic esters (lactones) is 1. The maximum Gasteiger partial charge on any atom is 0.408 e. The van der Waals surface area contributed by atoms with Crippen LogP contribution in [0.2, 0.25) is 0 Å². The number of halogens is 1. The summed E-state index contributed by atoms with van der Waals surface area (Å²) in [5, 5.41) is 3.79. The van der Waals surface area contributed by atoms with Gasteiger partial charge in [0.1, 0.15) is 11.7 Å². The van der Waals surface area contributed by atoms with Gasteiger partial charge in [-0.25, -0.2) is 4.79 Å². The molecule has 0 radical (unpaired) electrons. The van der Waals surface area contributed by atoms with E-state index in [4.69, 9.17) is 9.47 Å². The molecule has 2 aliphatic rings. The number of nitrogens with one attached hydrogen (secondary N) is 1. The Morgan fingerprint density at radius 2 is 2.00 bits per heavy atom. The SMILES string of the molecule is CC(C)(C)OC(=O)NC(CC1CCCCC1)C1CC(CC=CCBr)C(=O)O1. The van der Waals surface area contributed by atoms with Crippen molar-refractivity contribution in [2.24, 2.45) is 11.8 Å². The molecule has 27 heavy (non-hydrogen) atoms. The highest BCUT2D eigenvalue weighted by molar-refractivity contribution is 9.09. The highest BCUT2D eigenvalue weighted by atomic mass is 79.9. The first kappa shape index (κ1) is 22.3. The van der Waals surface area contributed by atoms with Crippen LogP contribution >= 0.6 is 15.9 Å². The van der Waals surface area contributed by atoms with E-state index < -0.39 is 11.7 Å². The second kappa shape index (κ2) is 10.5. The van der Waals surface area contributed by atoms with Crippen molar-refractivity contribution >= 4 is 28.0 Å². The summed E-state index contributed by atoms with van der Waals surface area (Å²) in [5.41, 5.74) is -0.547. The number of amides is 1. The van der Waals surface area contributed by atoms with Gasteiger partial charge in [0.05, 0.1) is 12.0 Å². The molecule has 1 aliphatic carbocycles. The summed E-state index contributed by atoms with van der Waals surface area (Å²) in [6.07, 6.45) is 11.7. The molecule has 154 valence electrons. The number of rotatable bonds is 7. The van der Waals surface area contributed by atoms with Crippen LogP contribution in [0.1, 0.15) is 72.1 Å². The van der Waals surface area contributed by atoms with Crippen molar-refractivity contribution in [3.05, 3.63) is 12.2 Å². The molecule has 1 aliphatic heterocycles. The average molecular weight is 444 g/mol.